The molecule has 106 valence electrons. The molecule has 1 aromatic rings. The second-order valence-electron chi connectivity index (χ2n) is 5.11. The van der Waals surface area contributed by atoms with Crippen LogP contribution in [0.3, 0.4) is 0 Å². The van der Waals surface area contributed by atoms with E-state index in [1.54, 1.807) is 13.0 Å². The summed E-state index contributed by atoms with van der Waals surface area (Å²) in [7, 11) is 0. The van der Waals surface area contributed by atoms with Crippen LogP contribution in [-0.2, 0) is 4.74 Å². The van der Waals surface area contributed by atoms with Gasteiger partial charge in [-0.2, -0.15) is 0 Å². The normalized spacial score (nSPS) is 24.4. The summed E-state index contributed by atoms with van der Waals surface area (Å²) >= 11 is 0. The van der Waals surface area contributed by atoms with E-state index in [2.05, 4.69) is 29.2 Å². The van der Waals surface area contributed by atoms with Crippen LogP contribution in [0.15, 0.2) is 10.6 Å². The predicted octanol–water partition coefficient (Wildman–Crippen LogP) is 0.822. The van der Waals surface area contributed by atoms with E-state index in [-0.39, 0.29) is 23.9 Å². The first kappa shape index (κ1) is 14.0. The summed E-state index contributed by atoms with van der Waals surface area (Å²) in [4.78, 5) is 14.0. The fourth-order valence-electron chi connectivity index (χ4n) is 2.35. The summed E-state index contributed by atoms with van der Waals surface area (Å²) in [6.07, 6.45) is 0.493. The van der Waals surface area contributed by atoms with Gasteiger partial charge >= 0.3 is 0 Å². The Morgan fingerprint density at radius 1 is 1.47 bits per heavy atom. The molecule has 2 unspecified atom stereocenters. The van der Waals surface area contributed by atoms with Gasteiger partial charge in [-0.15, -0.1) is 0 Å². The summed E-state index contributed by atoms with van der Waals surface area (Å²) in [5.74, 6) is 0.0520. The third-order valence-corrected chi connectivity index (χ3v) is 3.06. The molecule has 6 heteroatoms. The van der Waals surface area contributed by atoms with E-state index in [1.807, 2.05) is 0 Å². The van der Waals surface area contributed by atoms with Crippen molar-refractivity contribution in [1.29, 1.82) is 0 Å². The zero-order valence-corrected chi connectivity index (χ0v) is 11.7. The maximum absolute atomic E-state index is 11.7. The van der Waals surface area contributed by atoms with Crippen molar-refractivity contribution in [3.8, 4) is 0 Å². The summed E-state index contributed by atoms with van der Waals surface area (Å²) in [5, 5.41) is 6.53. The smallest absolute Gasteiger partial charge is 0.289 e. The molecule has 1 aliphatic rings. The largest absolute Gasteiger partial charge is 0.373 e. The maximum atomic E-state index is 11.7. The molecule has 1 fully saturated rings. The highest BCUT2D eigenvalue weighted by Crippen LogP contribution is 2.09. The highest BCUT2D eigenvalue weighted by molar-refractivity contribution is 5.91. The maximum Gasteiger partial charge on any atom is 0.289 e. The number of nitrogens with zero attached hydrogens (tertiary/aromatic N) is 2. The van der Waals surface area contributed by atoms with Crippen molar-refractivity contribution in [2.75, 3.05) is 26.2 Å². The summed E-state index contributed by atoms with van der Waals surface area (Å²) in [5.41, 5.74) is 0.709. The van der Waals surface area contributed by atoms with E-state index < -0.39 is 0 Å². The average molecular weight is 267 g/mol. The highest BCUT2D eigenvalue weighted by atomic mass is 16.5. The lowest BCUT2D eigenvalue weighted by Crippen LogP contribution is -2.47. The number of amides is 1. The average Bonchev–Trinajstić information content (AvgIpc) is 2.74. The van der Waals surface area contributed by atoms with Gasteiger partial charge in [0.15, 0.2) is 0 Å². The Kier molecular flexibility index (Phi) is 4.55. The van der Waals surface area contributed by atoms with E-state index in [0.717, 1.165) is 19.6 Å². The molecule has 0 radical (unpaired) electrons. The number of hydrogen-bond donors (Lipinski definition) is 1. The number of aromatic nitrogens is 1. The molecule has 1 N–H and O–H groups in total. The van der Waals surface area contributed by atoms with Crippen molar-refractivity contribution in [3.05, 3.63) is 17.5 Å². The molecule has 0 spiro atoms. The highest BCUT2D eigenvalue weighted by Gasteiger charge is 2.21. The number of nitrogens with one attached hydrogen (secondary N) is 1. The van der Waals surface area contributed by atoms with Crippen molar-refractivity contribution in [2.24, 2.45) is 0 Å². The van der Waals surface area contributed by atoms with Gasteiger partial charge in [-0.05, 0) is 20.8 Å². The van der Waals surface area contributed by atoms with E-state index in [1.165, 1.54) is 0 Å². The Balaban J connectivity index is 1.73. The molecular weight excluding hydrogens is 246 g/mol. The zero-order chi connectivity index (χ0) is 13.8. The molecule has 0 aromatic carbocycles. The first-order valence-electron chi connectivity index (χ1n) is 6.64. The van der Waals surface area contributed by atoms with Crippen LogP contribution in [0, 0.1) is 6.92 Å². The predicted molar refractivity (Wildman–Crippen MR) is 70.0 cm³/mol. The summed E-state index contributed by atoms with van der Waals surface area (Å²) < 4.78 is 10.6. The Labute approximate surface area is 113 Å². The molecule has 1 aliphatic heterocycles. The monoisotopic (exact) mass is 267 g/mol. The van der Waals surface area contributed by atoms with E-state index in [4.69, 9.17) is 9.26 Å². The first-order valence-corrected chi connectivity index (χ1v) is 6.64. The van der Waals surface area contributed by atoms with Crippen LogP contribution in [0.5, 0.6) is 0 Å². The van der Waals surface area contributed by atoms with Gasteiger partial charge < -0.3 is 14.6 Å². The van der Waals surface area contributed by atoms with Crippen LogP contribution >= 0.6 is 0 Å². The van der Waals surface area contributed by atoms with Crippen molar-refractivity contribution < 1.29 is 14.1 Å². The first-order chi connectivity index (χ1) is 9.04. The van der Waals surface area contributed by atoms with Crippen LogP contribution in [0.2, 0.25) is 0 Å². The quantitative estimate of drug-likeness (QED) is 0.875. The molecule has 1 aromatic heterocycles. The van der Waals surface area contributed by atoms with Gasteiger partial charge in [0.05, 0.1) is 17.9 Å². The standard InChI is InChI=1S/C13H21N3O3/c1-9-6-12(19-15-9)13(17)14-4-5-16-7-10(2)18-11(3)8-16/h6,10-11H,4-5,7-8H2,1-3H3,(H,14,17). The Bertz CT molecular complexity index is 423. The van der Waals surface area contributed by atoms with Gasteiger partial charge in [-0.25, -0.2) is 0 Å². The molecule has 0 bridgehead atoms. The lowest BCUT2D eigenvalue weighted by molar-refractivity contribution is -0.0672. The van der Waals surface area contributed by atoms with E-state index in [0.29, 0.717) is 12.2 Å². The second kappa shape index (κ2) is 6.16. The van der Waals surface area contributed by atoms with Gasteiger partial charge in [0.1, 0.15) is 0 Å². The fourth-order valence-corrected chi connectivity index (χ4v) is 2.35. The fraction of sp³-hybridized carbons (Fsp3) is 0.692. The molecule has 6 nitrogen and oxygen atoms in total. The Morgan fingerprint density at radius 3 is 2.74 bits per heavy atom. The number of ether oxygens (including phenoxy) is 1. The molecule has 0 aliphatic carbocycles. The summed E-state index contributed by atoms with van der Waals surface area (Å²) in [6, 6.07) is 1.63. The van der Waals surface area contributed by atoms with Crippen LogP contribution in [0.1, 0.15) is 30.1 Å². The van der Waals surface area contributed by atoms with Gasteiger partial charge in [-0.3, -0.25) is 9.69 Å². The minimum Gasteiger partial charge on any atom is -0.373 e. The van der Waals surface area contributed by atoms with Crippen molar-refractivity contribution in [2.45, 2.75) is 33.0 Å². The van der Waals surface area contributed by atoms with Gasteiger partial charge in [0.25, 0.3) is 5.91 Å². The molecule has 1 amide bonds. The minimum absolute atomic E-state index is 0.213. The molecular formula is C13H21N3O3. The third kappa shape index (κ3) is 4.04. The van der Waals surface area contributed by atoms with Gasteiger partial charge in [-0.1, -0.05) is 5.16 Å². The third-order valence-electron chi connectivity index (χ3n) is 3.06. The molecule has 1 saturated heterocycles. The SMILES string of the molecule is Cc1cc(C(=O)NCCN2CC(C)OC(C)C2)on1. The molecule has 19 heavy (non-hydrogen) atoms. The topological polar surface area (TPSA) is 67.6 Å². The molecule has 2 atom stereocenters. The van der Waals surface area contributed by atoms with Crippen LogP contribution in [0.4, 0.5) is 0 Å². The number of carbonyl (C=O) groups is 1. The molecule has 2 heterocycles. The van der Waals surface area contributed by atoms with Crippen molar-refractivity contribution >= 4 is 5.91 Å². The zero-order valence-electron chi connectivity index (χ0n) is 11.7. The Hall–Kier alpha value is -1.40. The minimum atomic E-state index is -0.213. The molecule has 2 rings (SSSR count). The van der Waals surface area contributed by atoms with Crippen molar-refractivity contribution in [1.82, 2.24) is 15.4 Å². The van der Waals surface area contributed by atoms with Gasteiger partial charge in [0.2, 0.25) is 5.76 Å². The molecule has 0 saturated carbocycles. The van der Waals surface area contributed by atoms with Crippen LogP contribution in [-0.4, -0.2) is 54.4 Å². The lowest BCUT2D eigenvalue weighted by atomic mass is 10.2. The number of hydrogen-bond acceptors (Lipinski definition) is 5. The van der Waals surface area contributed by atoms with E-state index >= 15 is 0 Å². The van der Waals surface area contributed by atoms with Crippen LogP contribution < -0.4 is 5.32 Å². The Morgan fingerprint density at radius 2 is 2.16 bits per heavy atom. The van der Waals surface area contributed by atoms with Crippen molar-refractivity contribution in [3.63, 3.8) is 0 Å². The lowest BCUT2D eigenvalue weighted by Gasteiger charge is -2.35. The number of morpholine rings is 1. The number of rotatable bonds is 4. The second-order valence-corrected chi connectivity index (χ2v) is 5.11. The summed E-state index contributed by atoms with van der Waals surface area (Å²) in [6.45, 7) is 9.14. The number of carbonyl (C=O) groups excluding carboxylic acids is 1. The van der Waals surface area contributed by atoms with Crippen LogP contribution in [0.25, 0.3) is 0 Å². The van der Waals surface area contributed by atoms with E-state index in [9.17, 15) is 4.79 Å². The number of aryl methyl sites for hydroxylation is 1. The van der Waals surface area contributed by atoms with Gasteiger partial charge in [0, 0.05) is 32.2 Å².